The Labute approximate surface area is 109 Å². The van der Waals surface area contributed by atoms with Crippen molar-refractivity contribution in [2.75, 3.05) is 5.73 Å². The molecule has 3 heteroatoms. The summed E-state index contributed by atoms with van der Waals surface area (Å²) in [6.45, 7) is 6.47. The van der Waals surface area contributed by atoms with E-state index in [1.807, 2.05) is 7.05 Å². The molecular weight excluding hydrogens is 222 g/mol. The fraction of sp³-hybridized carbons (Fsp3) is 0.400. The van der Waals surface area contributed by atoms with E-state index in [4.69, 9.17) is 5.73 Å². The Hall–Kier alpha value is -1.77. The first kappa shape index (κ1) is 12.7. The van der Waals surface area contributed by atoms with E-state index < -0.39 is 0 Å². The van der Waals surface area contributed by atoms with Crippen LogP contribution in [0.3, 0.4) is 0 Å². The number of nitrogens with two attached hydrogens (primary N) is 1. The summed E-state index contributed by atoms with van der Waals surface area (Å²) in [5.74, 6) is 1.17. The molecule has 18 heavy (non-hydrogen) atoms. The van der Waals surface area contributed by atoms with E-state index in [-0.39, 0.29) is 0 Å². The van der Waals surface area contributed by atoms with Crippen molar-refractivity contribution in [2.45, 2.75) is 33.1 Å². The first-order valence-corrected chi connectivity index (χ1v) is 6.44. The van der Waals surface area contributed by atoms with Gasteiger partial charge in [0.15, 0.2) is 0 Å². The minimum absolute atomic E-state index is 0.420. The van der Waals surface area contributed by atoms with Crippen LogP contribution in [0.2, 0.25) is 0 Å². The van der Waals surface area contributed by atoms with Gasteiger partial charge < -0.3 is 5.73 Å². The van der Waals surface area contributed by atoms with Gasteiger partial charge in [-0.25, -0.2) is 0 Å². The van der Waals surface area contributed by atoms with Gasteiger partial charge in [0.2, 0.25) is 0 Å². The van der Waals surface area contributed by atoms with Crippen molar-refractivity contribution in [1.82, 2.24) is 9.78 Å². The van der Waals surface area contributed by atoms with Crippen molar-refractivity contribution in [3.8, 4) is 11.1 Å². The van der Waals surface area contributed by atoms with Gasteiger partial charge in [0, 0.05) is 18.5 Å². The van der Waals surface area contributed by atoms with Gasteiger partial charge in [-0.1, -0.05) is 43.7 Å². The SMILES string of the molecule is CCC(C)c1nn(C)c(N)c1-c1cccc(C)c1. The third-order valence-electron chi connectivity index (χ3n) is 3.50. The van der Waals surface area contributed by atoms with Crippen molar-refractivity contribution >= 4 is 5.82 Å². The number of hydrogen-bond donors (Lipinski definition) is 1. The van der Waals surface area contributed by atoms with Gasteiger partial charge in [0.1, 0.15) is 5.82 Å². The predicted molar refractivity (Wildman–Crippen MR) is 76.5 cm³/mol. The first-order chi connectivity index (χ1) is 8.54. The zero-order valence-electron chi connectivity index (χ0n) is 11.6. The Balaban J connectivity index is 2.62. The van der Waals surface area contributed by atoms with Crippen LogP contribution in [-0.2, 0) is 7.05 Å². The summed E-state index contributed by atoms with van der Waals surface area (Å²) in [7, 11) is 1.90. The molecule has 0 saturated carbocycles. The second-order valence-corrected chi connectivity index (χ2v) is 4.95. The third kappa shape index (κ3) is 2.13. The van der Waals surface area contributed by atoms with Crippen molar-refractivity contribution in [2.24, 2.45) is 7.05 Å². The molecule has 1 heterocycles. The van der Waals surface area contributed by atoms with Crippen molar-refractivity contribution < 1.29 is 0 Å². The van der Waals surface area contributed by atoms with Crippen LogP contribution in [0.25, 0.3) is 11.1 Å². The molecule has 0 radical (unpaired) electrons. The lowest BCUT2D eigenvalue weighted by atomic mass is 9.95. The maximum atomic E-state index is 6.18. The summed E-state index contributed by atoms with van der Waals surface area (Å²) in [5.41, 5.74) is 10.8. The minimum Gasteiger partial charge on any atom is -0.383 e. The minimum atomic E-state index is 0.420. The molecule has 0 aliphatic carbocycles. The van der Waals surface area contributed by atoms with Gasteiger partial charge in [0.25, 0.3) is 0 Å². The summed E-state index contributed by atoms with van der Waals surface area (Å²) in [5, 5.41) is 4.58. The maximum absolute atomic E-state index is 6.18. The van der Waals surface area contributed by atoms with Crippen LogP contribution in [0.1, 0.15) is 37.4 Å². The molecule has 3 nitrogen and oxygen atoms in total. The van der Waals surface area contributed by atoms with Crippen LogP contribution in [0.5, 0.6) is 0 Å². The van der Waals surface area contributed by atoms with Gasteiger partial charge in [-0.05, 0) is 18.9 Å². The second kappa shape index (κ2) is 4.84. The third-order valence-corrected chi connectivity index (χ3v) is 3.50. The molecule has 0 amide bonds. The Bertz CT molecular complexity index is 555. The van der Waals surface area contributed by atoms with Crippen molar-refractivity contribution in [3.05, 3.63) is 35.5 Å². The summed E-state index contributed by atoms with van der Waals surface area (Å²) in [4.78, 5) is 0. The standard InChI is InChI=1S/C15H21N3/c1-5-11(3)14-13(15(16)18(4)17-14)12-8-6-7-10(2)9-12/h6-9,11H,5,16H2,1-4H3. The molecule has 0 aliphatic heterocycles. The Morgan fingerprint density at radius 2 is 2.11 bits per heavy atom. The number of nitrogen functional groups attached to an aromatic ring is 1. The van der Waals surface area contributed by atoms with Gasteiger partial charge in [-0.3, -0.25) is 4.68 Å². The van der Waals surface area contributed by atoms with Gasteiger partial charge in [-0.15, -0.1) is 0 Å². The van der Waals surface area contributed by atoms with Crippen LogP contribution in [0.4, 0.5) is 5.82 Å². The lowest BCUT2D eigenvalue weighted by Crippen LogP contribution is -1.98. The predicted octanol–water partition coefficient (Wildman–Crippen LogP) is 3.49. The number of aromatic nitrogens is 2. The van der Waals surface area contributed by atoms with Gasteiger partial charge >= 0.3 is 0 Å². The van der Waals surface area contributed by atoms with Crippen LogP contribution in [-0.4, -0.2) is 9.78 Å². The molecule has 0 saturated heterocycles. The molecule has 1 unspecified atom stereocenters. The first-order valence-electron chi connectivity index (χ1n) is 6.44. The number of rotatable bonds is 3. The smallest absolute Gasteiger partial charge is 0.129 e. The highest BCUT2D eigenvalue weighted by Crippen LogP contribution is 2.34. The van der Waals surface area contributed by atoms with E-state index >= 15 is 0 Å². The van der Waals surface area contributed by atoms with E-state index in [2.05, 4.69) is 50.1 Å². The fourth-order valence-electron chi connectivity index (χ4n) is 2.19. The highest BCUT2D eigenvalue weighted by Gasteiger charge is 2.19. The normalized spacial score (nSPS) is 12.7. The summed E-state index contributed by atoms with van der Waals surface area (Å²) < 4.78 is 1.78. The van der Waals surface area contributed by atoms with E-state index in [0.29, 0.717) is 5.92 Å². The molecular formula is C15H21N3. The number of aryl methyl sites for hydroxylation is 2. The van der Waals surface area contributed by atoms with Gasteiger partial charge in [-0.2, -0.15) is 5.10 Å². The lowest BCUT2D eigenvalue weighted by molar-refractivity contribution is 0.668. The molecule has 96 valence electrons. The molecule has 1 atom stereocenters. The highest BCUT2D eigenvalue weighted by atomic mass is 15.3. The largest absolute Gasteiger partial charge is 0.383 e. The van der Waals surface area contributed by atoms with E-state index in [9.17, 15) is 0 Å². The maximum Gasteiger partial charge on any atom is 0.129 e. The molecule has 0 aliphatic rings. The van der Waals surface area contributed by atoms with Crippen LogP contribution in [0.15, 0.2) is 24.3 Å². The molecule has 0 fully saturated rings. The average molecular weight is 243 g/mol. The quantitative estimate of drug-likeness (QED) is 0.896. The van der Waals surface area contributed by atoms with Crippen LogP contribution < -0.4 is 5.73 Å². The van der Waals surface area contributed by atoms with Crippen LogP contribution >= 0.6 is 0 Å². The molecule has 1 aromatic heterocycles. The molecule has 0 spiro atoms. The Morgan fingerprint density at radius 3 is 2.72 bits per heavy atom. The highest BCUT2D eigenvalue weighted by molar-refractivity contribution is 5.77. The molecule has 2 aromatic rings. The molecule has 1 aromatic carbocycles. The number of nitrogens with zero attached hydrogens (tertiary/aromatic N) is 2. The second-order valence-electron chi connectivity index (χ2n) is 4.95. The average Bonchev–Trinajstić information content (AvgIpc) is 2.65. The fourth-order valence-corrected chi connectivity index (χ4v) is 2.19. The molecule has 0 bridgehead atoms. The number of benzene rings is 1. The Kier molecular flexibility index (Phi) is 3.41. The van der Waals surface area contributed by atoms with Crippen LogP contribution in [0, 0.1) is 6.92 Å². The monoisotopic (exact) mass is 243 g/mol. The van der Waals surface area contributed by atoms with Crippen molar-refractivity contribution in [3.63, 3.8) is 0 Å². The molecule has 2 N–H and O–H groups in total. The lowest BCUT2D eigenvalue weighted by Gasteiger charge is -2.09. The van der Waals surface area contributed by atoms with Crippen molar-refractivity contribution in [1.29, 1.82) is 0 Å². The summed E-state index contributed by atoms with van der Waals surface area (Å²) in [6, 6.07) is 8.43. The van der Waals surface area contributed by atoms with E-state index in [0.717, 1.165) is 29.1 Å². The zero-order chi connectivity index (χ0) is 13.3. The molecule has 2 rings (SSSR count). The summed E-state index contributed by atoms with van der Waals surface area (Å²) >= 11 is 0. The van der Waals surface area contributed by atoms with Gasteiger partial charge in [0.05, 0.1) is 5.69 Å². The summed E-state index contributed by atoms with van der Waals surface area (Å²) in [6.07, 6.45) is 1.06. The Morgan fingerprint density at radius 1 is 1.39 bits per heavy atom. The van der Waals surface area contributed by atoms with E-state index in [1.54, 1.807) is 4.68 Å². The zero-order valence-corrected chi connectivity index (χ0v) is 11.6. The topological polar surface area (TPSA) is 43.8 Å². The number of hydrogen-bond acceptors (Lipinski definition) is 2. The van der Waals surface area contributed by atoms with E-state index in [1.165, 1.54) is 5.56 Å². The number of anilines is 1.